The Hall–Kier alpha value is -0.970. The first kappa shape index (κ1) is 13.5. The maximum Gasteiger partial charge on any atom is 0.0948 e. The van der Waals surface area contributed by atoms with Crippen molar-refractivity contribution in [3.63, 3.8) is 0 Å². The Morgan fingerprint density at radius 2 is 1.83 bits per heavy atom. The quantitative estimate of drug-likeness (QED) is 0.837. The van der Waals surface area contributed by atoms with Crippen LogP contribution >= 0.6 is 12.2 Å². The number of hydrogen-bond donors (Lipinski definition) is 1. The fourth-order valence-corrected chi connectivity index (χ4v) is 2.81. The number of nitrogens with zero attached hydrogens (tertiary/aromatic N) is 2. The first-order chi connectivity index (χ1) is 8.72. The van der Waals surface area contributed by atoms with Crippen LogP contribution in [0.2, 0.25) is 0 Å². The average Bonchev–Trinajstić information content (AvgIpc) is 2.40. The third-order valence-corrected chi connectivity index (χ3v) is 3.83. The van der Waals surface area contributed by atoms with Gasteiger partial charge in [-0.15, -0.1) is 0 Å². The Labute approximate surface area is 115 Å². The van der Waals surface area contributed by atoms with Gasteiger partial charge in [0, 0.05) is 26.2 Å². The molecule has 1 heterocycles. The van der Waals surface area contributed by atoms with Crippen LogP contribution in [-0.4, -0.2) is 47.5 Å². The van der Waals surface area contributed by atoms with Gasteiger partial charge in [-0.2, -0.15) is 0 Å². The molecule has 0 aromatic heterocycles. The third-order valence-electron chi connectivity index (χ3n) is 3.60. The molecule has 1 saturated heterocycles. The molecule has 0 amide bonds. The molecule has 1 aromatic rings. The zero-order chi connectivity index (χ0) is 13.0. The number of hydrogen-bond acceptors (Lipinski definition) is 3. The molecule has 0 radical (unpaired) electrons. The van der Waals surface area contributed by atoms with Crippen molar-refractivity contribution in [1.29, 1.82) is 0 Å². The van der Waals surface area contributed by atoms with Gasteiger partial charge in [-0.3, -0.25) is 4.90 Å². The van der Waals surface area contributed by atoms with Crippen LogP contribution in [0, 0.1) is 0 Å². The van der Waals surface area contributed by atoms with Crippen molar-refractivity contribution in [1.82, 2.24) is 9.80 Å². The minimum absolute atomic E-state index is 0.0835. The van der Waals surface area contributed by atoms with Gasteiger partial charge in [-0.1, -0.05) is 49.5 Å². The predicted octanol–water partition coefficient (Wildman–Crippen LogP) is 1.65. The Morgan fingerprint density at radius 3 is 2.33 bits per heavy atom. The molecule has 0 spiro atoms. The lowest BCUT2D eigenvalue weighted by Gasteiger charge is -2.38. The second kappa shape index (κ2) is 6.27. The highest BCUT2D eigenvalue weighted by atomic mass is 32.1. The monoisotopic (exact) mass is 263 g/mol. The molecule has 1 atom stereocenters. The molecule has 1 fully saturated rings. The van der Waals surface area contributed by atoms with E-state index in [2.05, 4.69) is 28.9 Å². The molecule has 98 valence electrons. The van der Waals surface area contributed by atoms with Crippen LogP contribution in [0.25, 0.3) is 0 Å². The van der Waals surface area contributed by atoms with E-state index in [0.29, 0.717) is 4.99 Å². The third kappa shape index (κ3) is 3.07. The summed E-state index contributed by atoms with van der Waals surface area (Å²) in [6.45, 7) is 7.59. The molecular formula is C14H21N3S. The van der Waals surface area contributed by atoms with Gasteiger partial charge in [0.25, 0.3) is 0 Å². The molecule has 1 aliphatic rings. The van der Waals surface area contributed by atoms with Crippen molar-refractivity contribution in [3.05, 3.63) is 35.9 Å². The van der Waals surface area contributed by atoms with Gasteiger partial charge in [-0.25, -0.2) is 0 Å². The van der Waals surface area contributed by atoms with Crippen LogP contribution in [-0.2, 0) is 0 Å². The molecule has 18 heavy (non-hydrogen) atoms. The summed E-state index contributed by atoms with van der Waals surface area (Å²) < 4.78 is 0. The highest BCUT2D eigenvalue weighted by Crippen LogP contribution is 2.22. The van der Waals surface area contributed by atoms with Gasteiger partial charge in [0.1, 0.15) is 0 Å². The normalized spacial score (nSPS) is 19.6. The van der Waals surface area contributed by atoms with Gasteiger partial charge in [0.05, 0.1) is 11.0 Å². The van der Waals surface area contributed by atoms with Crippen LogP contribution in [0.3, 0.4) is 0 Å². The molecule has 1 aromatic carbocycles. The van der Waals surface area contributed by atoms with Crippen molar-refractivity contribution in [2.45, 2.75) is 13.0 Å². The van der Waals surface area contributed by atoms with E-state index in [-0.39, 0.29) is 6.04 Å². The fourth-order valence-electron chi connectivity index (χ4n) is 2.53. The summed E-state index contributed by atoms with van der Waals surface area (Å²) in [6, 6.07) is 10.4. The number of thiocarbonyl (C=S) groups is 1. The number of rotatable bonds is 4. The van der Waals surface area contributed by atoms with Crippen LogP contribution in [0.5, 0.6) is 0 Å². The maximum atomic E-state index is 5.94. The molecule has 0 bridgehead atoms. The summed E-state index contributed by atoms with van der Waals surface area (Å²) in [5, 5.41) is 0. The Kier molecular flexibility index (Phi) is 4.69. The summed E-state index contributed by atoms with van der Waals surface area (Å²) >= 11 is 5.26. The molecular weight excluding hydrogens is 242 g/mol. The van der Waals surface area contributed by atoms with E-state index >= 15 is 0 Å². The molecule has 2 rings (SSSR count). The largest absolute Gasteiger partial charge is 0.392 e. The van der Waals surface area contributed by atoms with Gasteiger partial charge in [0.2, 0.25) is 0 Å². The first-order valence-corrected chi connectivity index (χ1v) is 6.94. The standard InChI is InChI=1S/C14H21N3S/c1-2-16-8-10-17(11-9-16)13(14(15)18)12-6-4-3-5-7-12/h3-7,13H,2,8-11H2,1H3,(H2,15,18). The van der Waals surface area contributed by atoms with E-state index in [4.69, 9.17) is 18.0 Å². The van der Waals surface area contributed by atoms with Crippen molar-refractivity contribution < 1.29 is 0 Å². The van der Waals surface area contributed by atoms with Crippen molar-refractivity contribution in [2.24, 2.45) is 5.73 Å². The maximum absolute atomic E-state index is 5.94. The zero-order valence-electron chi connectivity index (χ0n) is 10.9. The van der Waals surface area contributed by atoms with Gasteiger partial charge in [-0.05, 0) is 12.1 Å². The molecule has 0 aliphatic carbocycles. The first-order valence-electron chi connectivity index (χ1n) is 6.53. The molecule has 1 aliphatic heterocycles. The Bertz CT molecular complexity index is 385. The van der Waals surface area contributed by atoms with E-state index in [1.807, 2.05) is 18.2 Å². The summed E-state index contributed by atoms with van der Waals surface area (Å²) in [4.78, 5) is 5.42. The molecule has 3 nitrogen and oxygen atoms in total. The minimum atomic E-state index is 0.0835. The summed E-state index contributed by atoms with van der Waals surface area (Å²) in [5.74, 6) is 0. The highest BCUT2D eigenvalue weighted by molar-refractivity contribution is 7.80. The fraction of sp³-hybridized carbons (Fsp3) is 0.500. The SMILES string of the molecule is CCN1CCN(C(C(N)=S)c2ccccc2)CC1. The topological polar surface area (TPSA) is 32.5 Å². The van der Waals surface area contributed by atoms with E-state index in [1.165, 1.54) is 5.56 Å². The lowest BCUT2D eigenvalue weighted by atomic mass is 10.0. The minimum Gasteiger partial charge on any atom is -0.392 e. The smallest absolute Gasteiger partial charge is 0.0948 e. The zero-order valence-corrected chi connectivity index (χ0v) is 11.7. The van der Waals surface area contributed by atoms with E-state index in [9.17, 15) is 0 Å². The van der Waals surface area contributed by atoms with Crippen LogP contribution < -0.4 is 5.73 Å². The molecule has 4 heteroatoms. The number of benzene rings is 1. The second-order valence-electron chi connectivity index (χ2n) is 4.69. The summed E-state index contributed by atoms with van der Waals surface area (Å²) in [6.07, 6.45) is 0. The number of piperazine rings is 1. The molecule has 2 N–H and O–H groups in total. The Balaban J connectivity index is 2.10. The van der Waals surface area contributed by atoms with Gasteiger partial charge >= 0.3 is 0 Å². The van der Waals surface area contributed by atoms with Gasteiger partial charge < -0.3 is 10.6 Å². The van der Waals surface area contributed by atoms with Crippen LogP contribution in [0.4, 0.5) is 0 Å². The van der Waals surface area contributed by atoms with Crippen molar-refractivity contribution >= 4 is 17.2 Å². The Morgan fingerprint density at radius 1 is 1.22 bits per heavy atom. The number of likely N-dealkylation sites (N-methyl/N-ethyl adjacent to an activating group) is 1. The number of nitrogens with two attached hydrogens (primary N) is 1. The van der Waals surface area contributed by atoms with Crippen molar-refractivity contribution in [3.8, 4) is 0 Å². The van der Waals surface area contributed by atoms with Crippen LogP contribution in [0.15, 0.2) is 30.3 Å². The lowest BCUT2D eigenvalue weighted by molar-refractivity contribution is 0.122. The van der Waals surface area contributed by atoms with E-state index in [0.717, 1.165) is 32.7 Å². The van der Waals surface area contributed by atoms with Crippen LogP contribution in [0.1, 0.15) is 18.5 Å². The summed E-state index contributed by atoms with van der Waals surface area (Å²) in [5.41, 5.74) is 7.15. The van der Waals surface area contributed by atoms with Gasteiger partial charge in [0.15, 0.2) is 0 Å². The lowest BCUT2D eigenvalue weighted by Crippen LogP contribution is -2.49. The van der Waals surface area contributed by atoms with E-state index in [1.54, 1.807) is 0 Å². The highest BCUT2D eigenvalue weighted by Gasteiger charge is 2.26. The van der Waals surface area contributed by atoms with Crippen molar-refractivity contribution in [2.75, 3.05) is 32.7 Å². The molecule has 1 unspecified atom stereocenters. The average molecular weight is 263 g/mol. The van der Waals surface area contributed by atoms with E-state index < -0.39 is 0 Å². The predicted molar refractivity (Wildman–Crippen MR) is 79.7 cm³/mol. The molecule has 0 saturated carbocycles. The summed E-state index contributed by atoms with van der Waals surface area (Å²) in [7, 11) is 0. The second-order valence-corrected chi connectivity index (χ2v) is 5.16.